The van der Waals surface area contributed by atoms with Crippen molar-refractivity contribution in [3.63, 3.8) is 0 Å². The maximum atomic E-state index is 13.9. The van der Waals surface area contributed by atoms with E-state index in [1.165, 1.54) is 30.3 Å². The Labute approximate surface area is 157 Å². The number of nitrogens with zero attached hydrogens (tertiary/aromatic N) is 1. The van der Waals surface area contributed by atoms with E-state index in [0.29, 0.717) is 11.4 Å². The van der Waals surface area contributed by atoms with Crippen LogP contribution in [0.15, 0.2) is 47.4 Å². The molecule has 0 bridgehead atoms. The molecule has 0 saturated heterocycles. The molecule has 0 aliphatic carbocycles. The number of thiazole rings is 1. The van der Waals surface area contributed by atoms with Gasteiger partial charge in [0.1, 0.15) is 21.5 Å². The summed E-state index contributed by atoms with van der Waals surface area (Å²) >= 11 is 0.857. The maximum Gasteiger partial charge on any atom is 0.267 e. The van der Waals surface area contributed by atoms with Crippen LogP contribution in [0.2, 0.25) is 0 Å². The van der Waals surface area contributed by atoms with E-state index in [0.717, 1.165) is 23.5 Å². The summed E-state index contributed by atoms with van der Waals surface area (Å²) in [6.07, 6.45) is 0. The van der Waals surface area contributed by atoms with Crippen molar-refractivity contribution in [2.24, 2.45) is 5.14 Å². The first-order valence-corrected chi connectivity index (χ1v) is 9.89. The molecular weight excluding hydrogens is 396 g/mol. The van der Waals surface area contributed by atoms with E-state index in [4.69, 9.17) is 5.14 Å². The lowest BCUT2D eigenvalue weighted by Gasteiger charge is -2.05. The van der Waals surface area contributed by atoms with Gasteiger partial charge in [-0.1, -0.05) is 6.07 Å². The van der Waals surface area contributed by atoms with Crippen LogP contribution in [0.5, 0.6) is 0 Å². The third-order valence-corrected chi connectivity index (χ3v) is 5.72. The van der Waals surface area contributed by atoms with Gasteiger partial charge in [-0.05, 0) is 43.3 Å². The average molecular weight is 409 g/mol. The van der Waals surface area contributed by atoms with Crippen molar-refractivity contribution < 1.29 is 22.0 Å². The van der Waals surface area contributed by atoms with E-state index in [-0.39, 0.29) is 20.3 Å². The van der Waals surface area contributed by atoms with Crippen LogP contribution in [0.4, 0.5) is 14.5 Å². The van der Waals surface area contributed by atoms with Crippen LogP contribution in [0, 0.1) is 18.6 Å². The number of carbonyl (C=O) groups is 1. The van der Waals surface area contributed by atoms with Gasteiger partial charge >= 0.3 is 0 Å². The molecule has 3 N–H and O–H groups in total. The van der Waals surface area contributed by atoms with E-state index < -0.39 is 27.6 Å². The monoisotopic (exact) mass is 409 g/mol. The molecule has 0 unspecified atom stereocenters. The fourth-order valence-corrected chi connectivity index (χ4v) is 3.86. The van der Waals surface area contributed by atoms with Crippen molar-refractivity contribution in [3.05, 3.63) is 64.7 Å². The van der Waals surface area contributed by atoms with Crippen molar-refractivity contribution in [1.29, 1.82) is 0 Å². The minimum atomic E-state index is -3.83. The molecule has 10 heteroatoms. The molecule has 0 aliphatic rings. The van der Waals surface area contributed by atoms with Gasteiger partial charge in [0.15, 0.2) is 0 Å². The van der Waals surface area contributed by atoms with Crippen LogP contribution in [0.25, 0.3) is 10.6 Å². The molecule has 0 aliphatic heterocycles. The van der Waals surface area contributed by atoms with Gasteiger partial charge in [0, 0.05) is 5.69 Å². The molecule has 0 fully saturated rings. The highest BCUT2D eigenvalue weighted by atomic mass is 32.2. The topological polar surface area (TPSA) is 102 Å². The normalized spacial score (nSPS) is 11.4. The average Bonchev–Trinajstić information content (AvgIpc) is 2.96. The molecule has 0 spiro atoms. The van der Waals surface area contributed by atoms with E-state index in [1.807, 2.05) is 0 Å². The molecule has 0 radical (unpaired) electrons. The number of aryl methyl sites for hydroxylation is 1. The SMILES string of the molecule is Cc1nc(-c2c(F)cccc2F)sc1C(=O)Nc1ccc(S(N)(=O)=O)cc1. The minimum absolute atomic E-state index is 0.0535. The molecule has 3 rings (SSSR count). The van der Waals surface area contributed by atoms with Gasteiger partial charge in [-0.25, -0.2) is 27.3 Å². The number of nitrogens with one attached hydrogen (secondary N) is 1. The number of sulfonamides is 1. The fourth-order valence-electron chi connectivity index (χ4n) is 2.33. The predicted octanol–water partition coefficient (Wildman–Crippen LogP) is 3.30. The van der Waals surface area contributed by atoms with Crippen molar-refractivity contribution in [3.8, 4) is 10.6 Å². The first-order valence-electron chi connectivity index (χ1n) is 7.53. The third-order valence-electron chi connectivity index (χ3n) is 3.62. The zero-order chi connectivity index (χ0) is 19.8. The first kappa shape index (κ1) is 19.1. The molecule has 1 aromatic heterocycles. The van der Waals surface area contributed by atoms with Crippen LogP contribution in [-0.4, -0.2) is 19.3 Å². The van der Waals surface area contributed by atoms with Crippen molar-refractivity contribution in [1.82, 2.24) is 4.98 Å². The summed E-state index contributed by atoms with van der Waals surface area (Å²) in [5, 5.41) is 7.65. The second kappa shape index (κ2) is 7.14. The van der Waals surface area contributed by atoms with Crippen LogP contribution in [0.1, 0.15) is 15.4 Å². The Kier molecular flexibility index (Phi) is 5.05. The summed E-state index contributed by atoms with van der Waals surface area (Å²) in [6, 6.07) is 8.74. The Bertz CT molecular complexity index is 1110. The maximum absolute atomic E-state index is 13.9. The highest BCUT2D eigenvalue weighted by molar-refractivity contribution is 7.89. The number of anilines is 1. The van der Waals surface area contributed by atoms with Crippen molar-refractivity contribution in [2.75, 3.05) is 5.32 Å². The van der Waals surface area contributed by atoms with Crippen molar-refractivity contribution in [2.45, 2.75) is 11.8 Å². The molecule has 3 aromatic rings. The third kappa shape index (κ3) is 4.02. The molecule has 140 valence electrons. The molecule has 1 heterocycles. The Balaban J connectivity index is 1.87. The van der Waals surface area contributed by atoms with E-state index in [2.05, 4.69) is 10.3 Å². The molecule has 2 aromatic carbocycles. The molecule has 0 atom stereocenters. The molecule has 6 nitrogen and oxygen atoms in total. The number of halogens is 2. The van der Waals surface area contributed by atoms with E-state index in [1.54, 1.807) is 6.92 Å². The number of hydrogen-bond donors (Lipinski definition) is 2. The van der Waals surface area contributed by atoms with Crippen LogP contribution in [0.3, 0.4) is 0 Å². The van der Waals surface area contributed by atoms with Crippen LogP contribution >= 0.6 is 11.3 Å². The number of carbonyl (C=O) groups excluding carboxylic acids is 1. The summed E-state index contributed by atoms with van der Waals surface area (Å²) in [5.41, 5.74) is 0.359. The van der Waals surface area contributed by atoms with E-state index >= 15 is 0 Å². The molecule has 0 saturated carbocycles. The fraction of sp³-hybridized carbons (Fsp3) is 0.0588. The summed E-state index contributed by atoms with van der Waals surface area (Å²) in [6.45, 7) is 1.55. The van der Waals surface area contributed by atoms with Crippen LogP contribution < -0.4 is 10.5 Å². The molecule has 1 amide bonds. The first-order chi connectivity index (χ1) is 12.7. The summed E-state index contributed by atoms with van der Waals surface area (Å²) in [5.74, 6) is -2.07. The Morgan fingerprint density at radius 2 is 1.70 bits per heavy atom. The second-order valence-electron chi connectivity index (χ2n) is 5.55. The van der Waals surface area contributed by atoms with Gasteiger partial charge in [-0.15, -0.1) is 11.3 Å². The minimum Gasteiger partial charge on any atom is -0.321 e. The number of primary sulfonamides is 1. The van der Waals surface area contributed by atoms with Gasteiger partial charge in [-0.3, -0.25) is 4.79 Å². The standard InChI is InChI=1S/C17H13F2N3O3S2/c1-9-15(26-17(21-9)14-12(18)3-2-4-13(14)19)16(23)22-10-5-7-11(8-6-10)27(20,24)25/h2-8H,1H3,(H,22,23)(H2,20,24,25). The van der Waals surface area contributed by atoms with Gasteiger partial charge in [0.2, 0.25) is 10.0 Å². The summed E-state index contributed by atoms with van der Waals surface area (Å²) < 4.78 is 50.3. The predicted molar refractivity (Wildman–Crippen MR) is 98.0 cm³/mol. The highest BCUT2D eigenvalue weighted by Crippen LogP contribution is 2.32. The van der Waals surface area contributed by atoms with Gasteiger partial charge in [0.05, 0.1) is 16.2 Å². The lowest BCUT2D eigenvalue weighted by molar-refractivity contribution is 0.103. The van der Waals surface area contributed by atoms with Gasteiger partial charge in [0.25, 0.3) is 5.91 Å². The largest absolute Gasteiger partial charge is 0.321 e. The van der Waals surface area contributed by atoms with Gasteiger partial charge < -0.3 is 5.32 Å². The lowest BCUT2D eigenvalue weighted by Crippen LogP contribution is -2.13. The number of hydrogen-bond acceptors (Lipinski definition) is 5. The Hall–Kier alpha value is -2.69. The number of amides is 1. The zero-order valence-electron chi connectivity index (χ0n) is 13.9. The summed E-state index contributed by atoms with van der Waals surface area (Å²) in [4.78, 5) is 16.6. The Morgan fingerprint density at radius 1 is 1.11 bits per heavy atom. The number of nitrogens with two attached hydrogens (primary N) is 1. The number of aromatic nitrogens is 1. The lowest BCUT2D eigenvalue weighted by atomic mass is 10.2. The zero-order valence-corrected chi connectivity index (χ0v) is 15.5. The smallest absolute Gasteiger partial charge is 0.267 e. The second-order valence-corrected chi connectivity index (χ2v) is 8.11. The van der Waals surface area contributed by atoms with Gasteiger partial charge in [-0.2, -0.15) is 0 Å². The van der Waals surface area contributed by atoms with E-state index in [9.17, 15) is 22.0 Å². The van der Waals surface area contributed by atoms with Crippen molar-refractivity contribution >= 4 is 33.0 Å². The summed E-state index contributed by atoms with van der Waals surface area (Å²) in [7, 11) is -3.83. The number of rotatable bonds is 4. The Morgan fingerprint density at radius 3 is 2.26 bits per heavy atom. The molecular formula is C17H13F2N3O3S2. The molecule has 27 heavy (non-hydrogen) atoms. The number of benzene rings is 2. The van der Waals surface area contributed by atoms with Crippen LogP contribution in [-0.2, 0) is 10.0 Å². The quantitative estimate of drug-likeness (QED) is 0.690. The highest BCUT2D eigenvalue weighted by Gasteiger charge is 2.20.